The lowest BCUT2D eigenvalue weighted by Crippen LogP contribution is -2.28. The van der Waals surface area contributed by atoms with Gasteiger partial charge in [0.1, 0.15) is 5.69 Å². The molecule has 0 atom stereocenters. The van der Waals surface area contributed by atoms with Gasteiger partial charge in [-0.1, -0.05) is 12.8 Å². The Kier molecular flexibility index (Phi) is 2.51. The van der Waals surface area contributed by atoms with Crippen LogP contribution in [0.3, 0.4) is 0 Å². The molecular weight excluding hydrogens is 188 g/mol. The van der Waals surface area contributed by atoms with Crippen LogP contribution in [0.5, 0.6) is 0 Å². The molecule has 2 N–H and O–H groups in total. The minimum absolute atomic E-state index is 0.609. The van der Waals surface area contributed by atoms with Crippen molar-refractivity contribution in [2.75, 3.05) is 4.31 Å². The molecular formula is C7H12N4OS. The Morgan fingerprint density at radius 1 is 1.62 bits per heavy atom. The first-order chi connectivity index (χ1) is 5.95. The van der Waals surface area contributed by atoms with Gasteiger partial charge in [0, 0.05) is 7.05 Å². The molecule has 0 saturated heterocycles. The molecule has 0 aliphatic rings. The Bertz CT molecular complexity index is 347. The van der Waals surface area contributed by atoms with Gasteiger partial charge >= 0.3 is 6.03 Å². The molecule has 0 aliphatic carbocycles. The Balaban J connectivity index is 3.20. The fraction of sp³-hybridized carbons (Fsp3) is 0.429. The second-order valence-electron chi connectivity index (χ2n) is 2.79. The van der Waals surface area contributed by atoms with Crippen LogP contribution in [0.2, 0.25) is 0 Å². The second-order valence-corrected chi connectivity index (χ2v) is 3.19. The predicted molar refractivity (Wildman–Crippen MR) is 53.7 cm³/mol. The smallest absolute Gasteiger partial charge is 0.329 e. The number of hydrogen-bond acceptors (Lipinski definition) is 3. The van der Waals surface area contributed by atoms with E-state index in [9.17, 15) is 4.79 Å². The third-order valence-electron chi connectivity index (χ3n) is 1.89. The Morgan fingerprint density at radius 2 is 2.15 bits per heavy atom. The van der Waals surface area contributed by atoms with E-state index in [2.05, 4.69) is 17.9 Å². The van der Waals surface area contributed by atoms with Gasteiger partial charge in [0.15, 0.2) is 0 Å². The number of anilines is 1. The van der Waals surface area contributed by atoms with E-state index in [-0.39, 0.29) is 0 Å². The number of carbonyl (C=O) groups excluding carboxylic acids is 1. The van der Waals surface area contributed by atoms with Crippen LogP contribution in [-0.4, -0.2) is 15.8 Å². The van der Waals surface area contributed by atoms with Crippen molar-refractivity contribution < 1.29 is 4.79 Å². The molecule has 1 aromatic rings. The topological polar surface area (TPSA) is 64.2 Å². The van der Waals surface area contributed by atoms with Crippen molar-refractivity contribution in [3.8, 4) is 0 Å². The van der Waals surface area contributed by atoms with Gasteiger partial charge in [-0.2, -0.15) is 5.10 Å². The number of thiol groups is 1. The molecule has 0 saturated carbocycles. The van der Waals surface area contributed by atoms with Crippen molar-refractivity contribution in [3.63, 3.8) is 0 Å². The SMILES string of the molecule is Cc1nn(C)c(C)c1N(S)C(N)=O. The summed E-state index contributed by atoms with van der Waals surface area (Å²) >= 11 is 3.97. The zero-order valence-electron chi connectivity index (χ0n) is 7.77. The average molecular weight is 200 g/mol. The summed E-state index contributed by atoms with van der Waals surface area (Å²) in [6, 6.07) is -0.609. The lowest BCUT2D eigenvalue weighted by molar-refractivity contribution is 0.257. The fourth-order valence-corrected chi connectivity index (χ4v) is 1.47. The highest BCUT2D eigenvalue weighted by Gasteiger charge is 2.17. The first-order valence-corrected chi connectivity index (χ1v) is 4.13. The number of nitrogens with zero attached hydrogens (tertiary/aromatic N) is 3. The number of urea groups is 1. The number of primary amides is 1. The molecule has 0 radical (unpaired) electrons. The lowest BCUT2D eigenvalue weighted by Gasteiger charge is -2.12. The van der Waals surface area contributed by atoms with E-state index in [0.717, 1.165) is 15.7 Å². The summed E-state index contributed by atoms with van der Waals surface area (Å²) in [5.41, 5.74) is 7.32. The summed E-state index contributed by atoms with van der Waals surface area (Å²) in [7, 11) is 1.80. The molecule has 6 heteroatoms. The minimum atomic E-state index is -0.609. The van der Waals surface area contributed by atoms with Gasteiger partial charge in [0.2, 0.25) is 0 Å². The number of aryl methyl sites for hydroxylation is 2. The summed E-state index contributed by atoms with van der Waals surface area (Å²) in [6.45, 7) is 3.65. The normalized spacial score (nSPS) is 10.2. The van der Waals surface area contributed by atoms with E-state index in [1.165, 1.54) is 0 Å². The van der Waals surface area contributed by atoms with Gasteiger partial charge in [-0.15, -0.1) is 0 Å². The molecule has 0 fully saturated rings. The van der Waals surface area contributed by atoms with Gasteiger partial charge in [-0.05, 0) is 13.8 Å². The maximum absolute atomic E-state index is 10.8. The molecule has 0 aliphatic heterocycles. The van der Waals surface area contributed by atoms with Crippen LogP contribution in [0, 0.1) is 13.8 Å². The zero-order valence-corrected chi connectivity index (χ0v) is 8.67. The maximum Gasteiger partial charge on any atom is 0.329 e. The standard InChI is InChI=1S/C7H12N4OS/c1-4-6(11(13)7(8)12)5(2)10(3)9-4/h13H,1-3H3,(H2,8,12). The quantitative estimate of drug-likeness (QED) is 0.657. The molecule has 72 valence electrons. The molecule has 5 nitrogen and oxygen atoms in total. The predicted octanol–water partition coefficient (Wildman–Crippen LogP) is 0.767. The van der Waals surface area contributed by atoms with E-state index in [1.807, 2.05) is 6.92 Å². The highest BCUT2D eigenvalue weighted by Crippen LogP contribution is 2.24. The number of aromatic nitrogens is 2. The van der Waals surface area contributed by atoms with Crippen molar-refractivity contribution in [2.45, 2.75) is 13.8 Å². The zero-order chi connectivity index (χ0) is 10.2. The van der Waals surface area contributed by atoms with Gasteiger partial charge in [-0.25, -0.2) is 9.10 Å². The van der Waals surface area contributed by atoms with Crippen LogP contribution in [-0.2, 0) is 7.05 Å². The number of carbonyl (C=O) groups is 1. The highest BCUT2D eigenvalue weighted by atomic mass is 32.1. The first kappa shape index (κ1) is 9.91. The van der Waals surface area contributed by atoms with Crippen LogP contribution < -0.4 is 10.0 Å². The van der Waals surface area contributed by atoms with Crippen molar-refractivity contribution in [2.24, 2.45) is 12.8 Å². The Hall–Kier alpha value is -1.17. The number of hydrogen-bond donors (Lipinski definition) is 2. The molecule has 1 heterocycles. The highest BCUT2D eigenvalue weighted by molar-refractivity contribution is 7.82. The molecule has 0 unspecified atom stereocenters. The van der Waals surface area contributed by atoms with Crippen LogP contribution in [0.1, 0.15) is 11.4 Å². The lowest BCUT2D eigenvalue weighted by atomic mass is 10.3. The average Bonchev–Trinajstić information content (AvgIpc) is 2.26. The monoisotopic (exact) mass is 200 g/mol. The van der Waals surface area contributed by atoms with Crippen molar-refractivity contribution >= 4 is 24.5 Å². The summed E-state index contributed by atoms with van der Waals surface area (Å²) < 4.78 is 2.77. The van der Waals surface area contributed by atoms with Crippen molar-refractivity contribution in [1.82, 2.24) is 9.78 Å². The van der Waals surface area contributed by atoms with Crippen molar-refractivity contribution in [3.05, 3.63) is 11.4 Å². The summed E-state index contributed by atoms with van der Waals surface area (Å²) in [5.74, 6) is 0. The molecule has 1 rings (SSSR count). The van der Waals surface area contributed by atoms with Gasteiger partial charge in [-0.3, -0.25) is 4.68 Å². The molecule has 2 amide bonds. The van der Waals surface area contributed by atoms with E-state index in [1.54, 1.807) is 18.7 Å². The summed E-state index contributed by atoms with van der Waals surface area (Å²) in [5, 5.41) is 4.13. The Morgan fingerprint density at radius 3 is 2.46 bits per heavy atom. The van der Waals surface area contributed by atoms with Crippen LogP contribution >= 0.6 is 12.8 Å². The van der Waals surface area contributed by atoms with E-state index >= 15 is 0 Å². The molecule has 0 bridgehead atoms. The minimum Gasteiger partial charge on any atom is -0.350 e. The number of amides is 2. The Labute approximate surface area is 82.1 Å². The third-order valence-corrected chi connectivity index (χ3v) is 2.29. The van der Waals surface area contributed by atoms with Gasteiger partial charge in [0.05, 0.1) is 11.4 Å². The van der Waals surface area contributed by atoms with Crippen molar-refractivity contribution in [1.29, 1.82) is 0 Å². The molecule has 0 spiro atoms. The number of rotatable bonds is 1. The molecule has 0 aromatic carbocycles. The summed E-state index contributed by atoms with van der Waals surface area (Å²) in [4.78, 5) is 10.8. The fourth-order valence-electron chi connectivity index (χ4n) is 1.18. The van der Waals surface area contributed by atoms with Crippen LogP contribution in [0.4, 0.5) is 10.5 Å². The van der Waals surface area contributed by atoms with E-state index in [0.29, 0.717) is 5.69 Å². The van der Waals surface area contributed by atoms with Gasteiger partial charge < -0.3 is 5.73 Å². The van der Waals surface area contributed by atoms with Crippen LogP contribution in [0.15, 0.2) is 0 Å². The van der Waals surface area contributed by atoms with Gasteiger partial charge in [0.25, 0.3) is 0 Å². The largest absolute Gasteiger partial charge is 0.350 e. The van der Waals surface area contributed by atoms with Crippen LogP contribution in [0.25, 0.3) is 0 Å². The number of nitrogens with two attached hydrogens (primary N) is 1. The van der Waals surface area contributed by atoms with E-state index in [4.69, 9.17) is 5.73 Å². The van der Waals surface area contributed by atoms with E-state index < -0.39 is 6.03 Å². The molecule has 13 heavy (non-hydrogen) atoms. The molecule has 1 aromatic heterocycles. The first-order valence-electron chi connectivity index (χ1n) is 3.73. The maximum atomic E-state index is 10.8. The third kappa shape index (κ3) is 1.62. The second kappa shape index (κ2) is 3.29. The summed E-state index contributed by atoms with van der Waals surface area (Å²) in [6.07, 6.45) is 0.